The second-order valence-electron chi connectivity index (χ2n) is 4.14. The molecule has 0 aliphatic rings. The van der Waals surface area contributed by atoms with Gasteiger partial charge in [-0.15, -0.1) is 0 Å². The van der Waals surface area contributed by atoms with Gasteiger partial charge in [-0.3, -0.25) is 4.79 Å². The lowest BCUT2D eigenvalue weighted by Crippen LogP contribution is -2.30. The summed E-state index contributed by atoms with van der Waals surface area (Å²) in [5, 5.41) is 2.68. The number of hydrogen-bond acceptors (Lipinski definition) is 4. The van der Waals surface area contributed by atoms with Gasteiger partial charge in [-0.05, 0) is 18.2 Å². The number of amides is 1. The van der Waals surface area contributed by atoms with Gasteiger partial charge in [-0.2, -0.15) is 4.31 Å². The lowest BCUT2D eigenvalue weighted by Gasteiger charge is -2.17. The second kappa shape index (κ2) is 7.03. The zero-order valence-electron chi connectivity index (χ0n) is 11.5. The lowest BCUT2D eigenvalue weighted by molar-refractivity contribution is -0.114. The van der Waals surface area contributed by atoms with Gasteiger partial charge < -0.3 is 10.1 Å². The van der Waals surface area contributed by atoms with Crippen LogP contribution < -0.4 is 5.32 Å². The minimum Gasteiger partial charge on any atom is -0.383 e. The molecule has 0 heterocycles. The van der Waals surface area contributed by atoms with E-state index in [-0.39, 0.29) is 22.4 Å². The molecular weight excluding hydrogens is 304 g/mol. The van der Waals surface area contributed by atoms with Crippen molar-refractivity contribution in [1.82, 2.24) is 4.31 Å². The first-order chi connectivity index (χ1) is 9.28. The van der Waals surface area contributed by atoms with Crippen LogP contribution in [-0.4, -0.2) is 45.9 Å². The third-order valence-electron chi connectivity index (χ3n) is 2.57. The van der Waals surface area contributed by atoms with Crippen LogP contribution in [0, 0.1) is 0 Å². The molecule has 0 saturated heterocycles. The van der Waals surface area contributed by atoms with Crippen LogP contribution in [0.1, 0.15) is 6.92 Å². The highest BCUT2D eigenvalue weighted by Crippen LogP contribution is 2.26. The predicted molar refractivity (Wildman–Crippen MR) is 77.4 cm³/mol. The van der Waals surface area contributed by atoms with Gasteiger partial charge in [-0.25, -0.2) is 8.42 Å². The number of sulfonamides is 1. The predicted octanol–water partition coefficient (Wildman–Crippen LogP) is 1.57. The molecule has 0 unspecified atom stereocenters. The van der Waals surface area contributed by atoms with E-state index in [9.17, 15) is 13.2 Å². The number of halogens is 1. The van der Waals surface area contributed by atoms with Gasteiger partial charge in [0.15, 0.2) is 0 Å². The van der Waals surface area contributed by atoms with Crippen molar-refractivity contribution in [3.8, 4) is 0 Å². The van der Waals surface area contributed by atoms with Crippen LogP contribution in [0.4, 0.5) is 5.69 Å². The van der Waals surface area contributed by atoms with Crippen LogP contribution >= 0.6 is 11.6 Å². The SMILES string of the molecule is COCCN(C)S(=O)(=O)c1ccc(NC(C)=O)c(Cl)c1. The number of likely N-dealkylation sites (N-methyl/N-ethyl adjacent to an activating group) is 1. The summed E-state index contributed by atoms with van der Waals surface area (Å²) in [5.41, 5.74) is 0.373. The Kier molecular flexibility index (Phi) is 5.94. The molecule has 0 aliphatic carbocycles. The highest BCUT2D eigenvalue weighted by atomic mass is 35.5. The number of nitrogens with zero attached hydrogens (tertiary/aromatic N) is 1. The first-order valence-electron chi connectivity index (χ1n) is 5.81. The number of benzene rings is 1. The van der Waals surface area contributed by atoms with Crippen LogP contribution in [0.25, 0.3) is 0 Å². The number of nitrogens with one attached hydrogen (secondary N) is 1. The summed E-state index contributed by atoms with van der Waals surface area (Å²) >= 11 is 5.97. The van der Waals surface area contributed by atoms with Crippen molar-refractivity contribution in [2.45, 2.75) is 11.8 Å². The van der Waals surface area contributed by atoms with Crippen LogP contribution in [0.15, 0.2) is 23.1 Å². The number of hydrogen-bond donors (Lipinski definition) is 1. The number of ether oxygens (including phenoxy) is 1. The van der Waals surface area contributed by atoms with Gasteiger partial charge >= 0.3 is 0 Å². The fourth-order valence-electron chi connectivity index (χ4n) is 1.47. The molecule has 8 heteroatoms. The lowest BCUT2D eigenvalue weighted by atomic mass is 10.3. The van der Waals surface area contributed by atoms with Gasteiger partial charge in [0.2, 0.25) is 15.9 Å². The van der Waals surface area contributed by atoms with Crippen LogP contribution in [0.5, 0.6) is 0 Å². The Balaban J connectivity index is 3.02. The standard InChI is InChI=1S/C12H17ClN2O4S/c1-9(16)14-12-5-4-10(8-11(12)13)20(17,18)15(2)6-7-19-3/h4-5,8H,6-7H2,1-3H3,(H,14,16). The molecule has 6 nitrogen and oxygen atoms in total. The Morgan fingerprint density at radius 3 is 2.60 bits per heavy atom. The molecule has 0 aliphatic heterocycles. The Morgan fingerprint density at radius 1 is 1.45 bits per heavy atom. The second-order valence-corrected chi connectivity index (χ2v) is 6.59. The Labute approximate surface area is 123 Å². The minimum atomic E-state index is -3.62. The first-order valence-corrected chi connectivity index (χ1v) is 7.63. The third-order valence-corrected chi connectivity index (χ3v) is 4.74. The van der Waals surface area contributed by atoms with Crippen LogP contribution in [-0.2, 0) is 19.6 Å². The summed E-state index contributed by atoms with van der Waals surface area (Å²) in [6.45, 7) is 1.89. The van der Waals surface area contributed by atoms with Crippen molar-refractivity contribution in [3.05, 3.63) is 23.2 Å². The summed E-state index contributed by atoms with van der Waals surface area (Å²) in [7, 11) is -0.661. The highest BCUT2D eigenvalue weighted by Gasteiger charge is 2.21. The van der Waals surface area contributed by atoms with Crippen molar-refractivity contribution in [1.29, 1.82) is 0 Å². The minimum absolute atomic E-state index is 0.0650. The van der Waals surface area contributed by atoms with E-state index in [1.807, 2.05) is 0 Å². The Morgan fingerprint density at radius 2 is 2.10 bits per heavy atom. The molecule has 1 aromatic carbocycles. The molecule has 0 aromatic heterocycles. The number of methoxy groups -OCH3 is 1. The van der Waals surface area contributed by atoms with E-state index < -0.39 is 10.0 Å². The van der Waals surface area contributed by atoms with E-state index in [1.165, 1.54) is 43.6 Å². The molecule has 1 rings (SSSR count). The van der Waals surface area contributed by atoms with Gasteiger partial charge in [0.25, 0.3) is 0 Å². The van der Waals surface area contributed by atoms with Crippen LogP contribution in [0.2, 0.25) is 5.02 Å². The fraction of sp³-hybridized carbons (Fsp3) is 0.417. The van der Waals surface area contributed by atoms with E-state index in [2.05, 4.69) is 5.32 Å². The molecule has 1 aromatic rings. The molecule has 112 valence electrons. The van der Waals surface area contributed by atoms with Crippen LogP contribution in [0.3, 0.4) is 0 Å². The van der Waals surface area contributed by atoms with Crippen molar-refractivity contribution in [2.75, 3.05) is 32.6 Å². The molecule has 0 atom stereocenters. The molecule has 1 amide bonds. The summed E-state index contributed by atoms with van der Waals surface area (Å²) in [5.74, 6) is -0.278. The Hall–Kier alpha value is -1.15. The number of carbonyl (C=O) groups excluding carboxylic acids is 1. The van der Waals surface area contributed by atoms with Gasteiger partial charge in [0.1, 0.15) is 0 Å². The zero-order valence-corrected chi connectivity index (χ0v) is 13.1. The van der Waals surface area contributed by atoms with Crippen molar-refractivity contribution in [3.63, 3.8) is 0 Å². The molecule has 0 spiro atoms. The molecule has 1 N–H and O–H groups in total. The molecule has 0 saturated carbocycles. The summed E-state index contributed by atoms with van der Waals surface area (Å²) < 4.78 is 30.5. The van der Waals surface area contributed by atoms with Gasteiger partial charge in [0, 0.05) is 27.6 Å². The van der Waals surface area contributed by atoms with E-state index in [0.29, 0.717) is 12.3 Å². The average molecular weight is 321 g/mol. The third kappa shape index (κ3) is 4.17. The smallest absolute Gasteiger partial charge is 0.242 e. The normalized spacial score (nSPS) is 11.7. The molecule has 0 fully saturated rings. The fourth-order valence-corrected chi connectivity index (χ4v) is 2.94. The summed E-state index contributed by atoms with van der Waals surface area (Å²) in [4.78, 5) is 11.0. The Bertz CT molecular complexity index is 589. The zero-order chi connectivity index (χ0) is 15.3. The maximum atomic E-state index is 12.2. The van der Waals surface area contributed by atoms with Gasteiger partial charge in [0.05, 0.1) is 22.2 Å². The maximum Gasteiger partial charge on any atom is 0.242 e. The number of anilines is 1. The quantitative estimate of drug-likeness (QED) is 0.863. The van der Waals surface area contributed by atoms with E-state index in [1.54, 1.807) is 0 Å². The average Bonchev–Trinajstić information content (AvgIpc) is 2.37. The number of carbonyl (C=O) groups is 1. The topological polar surface area (TPSA) is 75.7 Å². The van der Waals surface area contributed by atoms with E-state index in [0.717, 1.165) is 0 Å². The first kappa shape index (κ1) is 16.9. The number of rotatable bonds is 6. The monoisotopic (exact) mass is 320 g/mol. The molecular formula is C12H17ClN2O4S. The largest absolute Gasteiger partial charge is 0.383 e. The summed E-state index contributed by atoms with van der Waals surface area (Å²) in [6, 6.07) is 4.17. The highest BCUT2D eigenvalue weighted by molar-refractivity contribution is 7.89. The molecule has 20 heavy (non-hydrogen) atoms. The summed E-state index contributed by atoms with van der Waals surface area (Å²) in [6.07, 6.45) is 0. The van der Waals surface area contributed by atoms with Crippen molar-refractivity contribution < 1.29 is 17.9 Å². The molecule has 0 radical (unpaired) electrons. The van der Waals surface area contributed by atoms with E-state index in [4.69, 9.17) is 16.3 Å². The van der Waals surface area contributed by atoms with Crippen molar-refractivity contribution in [2.24, 2.45) is 0 Å². The van der Waals surface area contributed by atoms with E-state index >= 15 is 0 Å². The molecule has 0 bridgehead atoms. The maximum absolute atomic E-state index is 12.2. The van der Waals surface area contributed by atoms with Crippen molar-refractivity contribution >= 4 is 33.2 Å². The van der Waals surface area contributed by atoms with Gasteiger partial charge in [-0.1, -0.05) is 11.6 Å².